The number of halogens is 2. The molecule has 38 heavy (non-hydrogen) atoms. The van der Waals surface area contributed by atoms with Crippen LogP contribution in [0.4, 0.5) is 4.39 Å². The minimum absolute atomic E-state index is 0.0893. The highest BCUT2D eigenvalue weighted by molar-refractivity contribution is 7.78. The fourth-order valence-corrected chi connectivity index (χ4v) is 5.32. The third-order valence-corrected chi connectivity index (χ3v) is 7.47. The van der Waals surface area contributed by atoms with Crippen molar-refractivity contribution in [2.75, 3.05) is 0 Å². The molecule has 1 unspecified atom stereocenters. The lowest BCUT2D eigenvalue weighted by molar-refractivity contribution is 0.0696. The van der Waals surface area contributed by atoms with Crippen LogP contribution in [-0.2, 0) is 23.3 Å². The summed E-state index contributed by atoms with van der Waals surface area (Å²) in [5, 5.41) is 10.3. The SMILES string of the molecule is Cc1ccc(Cc2[nH]c3cc(Cl)c(-c4ccc(-c5ccc(CS(=O)O)cc5)cc4)cc3c2F)cc1C(=O)O. The Kier molecular flexibility index (Phi) is 7.17. The van der Waals surface area contributed by atoms with E-state index in [1.54, 1.807) is 37.3 Å². The molecule has 3 N–H and O–H groups in total. The Hall–Kier alpha value is -3.78. The number of carboxylic acid groups (broad SMARTS) is 1. The summed E-state index contributed by atoms with van der Waals surface area (Å²) in [6, 6.07) is 23.7. The van der Waals surface area contributed by atoms with Crippen molar-refractivity contribution in [1.82, 2.24) is 4.98 Å². The summed E-state index contributed by atoms with van der Waals surface area (Å²) >= 11 is 4.71. The van der Waals surface area contributed by atoms with Crippen LogP contribution in [0.5, 0.6) is 0 Å². The molecule has 1 heterocycles. The van der Waals surface area contributed by atoms with Crippen LogP contribution in [0.25, 0.3) is 33.2 Å². The topological polar surface area (TPSA) is 90.4 Å². The monoisotopic (exact) mass is 547 g/mol. The summed E-state index contributed by atoms with van der Waals surface area (Å²) in [6.07, 6.45) is 0.218. The van der Waals surface area contributed by atoms with Gasteiger partial charge in [-0.05, 0) is 58.5 Å². The Bertz CT molecular complexity index is 1700. The van der Waals surface area contributed by atoms with E-state index in [-0.39, 0.29) is 17.7 Å². The first kappa shape index (κ1) is 25.9. The molecule has 0 aliphatic heterocycles. The van der Waals surface area contributed by atoms with Gasteiger partial charge in [-0.25, -0.2) is 13.4 Å². The normalized spacial score (nSPS) is 12.1. The molecule has 0 bridgehead atoms. The molecule has 192 valence electrons. The first-order valence-corrected chi connectivity index (χ1v) is 13.4. The number of rotatable bonds is 7. The third kappa shape index (κ3) is 5.27. The maximum absolute atomic E-state index is 15.5. The fourth-order valence-electron chi connectivity index (χ4n) is 4.57. The van der Waals surface area contributed by atoms with Crippen molar-refractivity contribution in [2.24, 2.45) is 0 Å². The summed E-state index contributed by atoms with van der Waals surface area (Å²) in [5.74, 6) is -1.32. The predicted octanol–water partition coefficient (Wildman–Crippen LogP) is 7.61. The fraction of sp³-hybridized carbons (Fsp3) is 0.100. The number of hydrogen-bond donors (Lipinski definition) is 3. The summed E-state index contributed by atoms with van der Waals surface area (Å²) < 4.78 is 35.5. The molecule has 0 aliphatic rings. The lowest BCUT2D eigenvalue weighted by Crippen LogP contribution is -2.01. The molecule has 0 aliphatic carbocycles. The van der Waals surface area contributed by atoms with Crippen LogP contribution in [0, 0.1) is 12.7 Å². The molecule has 0 saturated heterocycles. The Morgan fingerprint density at radius 3 is 2.16 bits per heavy atom. The maximum atomic E-state index is 15.5. The van der Waals surface area contributed by atoms with Crippen LogP contribution in [0.2, 0.25) is 5.02 Å². The number of nitrogens with one attached hydrogen (secondary N) is 1. The van der Waals surface area contributed by atoms with Gasteiger partial charge in [-0.1, -0.05) is 72.3 Å². The van der Waals surface area contributed by atoms with E-state index < -0.39 is 22.9 Å². The zero-order valence-corrected chi connectivity index (χ0v) is 21.9. The van der Waals surface area contributed by atoms with Gasteiger partial charge in [-0.3, -0.25) is 0 Å². The number of aromatic carboxylic acids is 1. The molecule has 8 heteroatoms. The standard InChI is InChI=1S/C30H23ClFNO4S/c1-17-2-3-19(12-23(17)30(34)35)13-28-29(32)25-14-24(26(31)15-27(25)33-28)22-10-8-21(9-11-22)20-6-4-18(5-7-20)16-38(36)37/h2-12,14-15,33H,13,16H2,1H3,(H,34,35)(H,36,37). The van der Waals surface area contributed by atoms with Gasteiger partial charge in [0.1, 0.15) is 0 Å². The predicted molar refractivity (Wildman–Crippen MR) is 150 cm³/mol. The second-order valence-electron chi connectivity index (χ2n) is 9.17. The molecule has 0 fully saturated rings. The Morgan fingerprint density at radius 2 is 1.53 bits per heavy atom. The Morgan fingerprint density at radius 1 is 0.921 bits per heavy atom. The van der Waals surface area contributed by atoms with Gasteiger partial charge in [0.05, 0.1) is 27.5 Å². The highest BCUT2D eigenvalue weighted by Crippen LogP contribution is 2.35. The van der Waals surface area contributed by atoms with Gasteiger partial charge in [-0.15, -0.1) is 0 Å². The van der Waals surface area contributed by atoms with Crippen LogP contribution in [0.15, 0.2) is 78.9 Å². The molecule has 5 nitrogen and oxygen atoms in total. The van der Waals surface area contributed by atoms with E-state index in [4.69, 9.17) is 16.2 Å². The van der Waals surface area contributed by atoms with Crippen molar-refractivity contribution in [3.63, 3.8) is 0 Å². The smallest absolute Gasteiger partial charge is 0.335 e. The average Bonchev–Trinajstić information content (AvgIpc) is 3.18. The minimum atomic E-state index is -1.88. The van der Waals surface area contributed by atoms with Gasteiger partial charge >= 0.3 is 5.97 Å². The molecule has 4 aromatic carbocycles. The van der Waals surface area contributed by atoms with Crippen molar-refractivity contribution >= 4 is 39.6 Å². The van der Waals surface area contributed by atoms with Crippen molar-refractivity contribution < 1.29 is 23.1 Å². The number of benzene rings is 4. The van der Waals surface area contributed by atoms with Crippen molar-refractivity contribution in [3.8, 4) is 22.3 Å². The highest BCUT2D eigenvalue weighted by atomic mass is 35.5. The van der Waals surface area contributed by atoms with Gasteiger partial charge in [0.15, 0.2) is 16.9 Å². The van der Waals surface area contributed by atoms with Crippen molar-refractivity contribution in [1.29, 1.82) is 0 Å². The van der Waals surface area contributed by atoms with Crippen molar-refractivity contribution in [2.45, 2.75) is 19.1 Å². The lowest BCUT2D eigenvalue weighted by Gasteiger charge is -2.08. The summed E-state index contributed by atoms with van der Waals surface area (Å²) in [7, 11) is 0. The largest absolute Gasteiger partial charge is 0.478 e. The molecule has 1 atom stereocenters. The number of aromatic amines is 1. The Balaban J connectivity index is 1.43. The van der Waals surface area contributed by atoms with Crippen LogP contribution >= 0.6 is 11.6 Å². The zero-order chi connectivity index (χ0) is 27.0. The van der Waals surface area contributed by atoms with Gasteiger partial charge in [-0.2, -0.15) is 0 Å². The molecule has 5 aromatic rings. The number of carboxylic acids is 1. The van der Waals surface area contributed by atoms with E-state index >= 15 is 4.39 Å². The number of carbonyl (C=O) groups is 1. The van der Waals surface area contributed by atoms with E-state index in [0.29, 0.717) is 38.3 Å². The first-order chi connectivity index (χ1) is 18.2. The molecule has 5 rings (SSSR count). The first-order valence-electron chi connectivity index (χ1n) is 11.8. The van der Waals surface area contributed by atoms with Gasteiger partial charge in [0, 0.05) is 17.4 Å². The minimum Gasteiger partial charge on any atom is -0.478 e. The molecular formula is C30H23ClFNO4S. The van der Waals surface area contributed by atoms with Gasteiger partial charge in [0.2, 0.25) is 0 Å². The number of aromatic nitrogens is 1. The molecule has 0 radical (unpaired) electrons. The number of fused-ring (bicyclic) bond motifs is 1. The zero-order valence-electron chi connectivity index (χ0n) is 20.3. The van der Waals surface area contributed by atoms with E-state index in [9.17, 15) is 14.1 Å². The second-order valence-corrected chi connectivity index (χ2v) is 10.5. The van der Waals surface area contributed by atoms with Crippen LogP contribution in [0.3, 0.4) is 0 Å². The van der Waals surface area contributed by atoms with E-state index in [1.165, 1.54) is 0 Å². The lowest BCUT2D eigenvalue weighted by atomic mass is 9.99. The number of H-pyrrole nitrogens is 1. The number of aryl methyl sites for hydroxylation is 1. The second kappa shape index (κ2) is 10.5. The molecule has 1 aromatic heterocycles. The van der Waals surface area contributed by atoms with Gasteiger partial charge in [0.25, 0.3) is 0 Å². The summed E-state index contributed by atoms with van der Waals surface area (Å²) in [6.45, 7) is 1.73. The quantitative estimate of drug-likeness (QED) is 0.183. The average molecular weight is 548 g/mol. The maximum Gasteiger partial charge on any atom is 0.335 e. The van der Waals surface area contributed by atoms with E-state index in [1.807, 2.05) is 48.5 Å². The van der Waals surface area contributed by atoms with Crippen LogP contribution in [0.1, 0.15) is 32.7 Å². The van der Waals surface area contributed by atoms with Gasteiger partial charge < -0.3 is 14.6 Å². The third-order valence-electron chi connectivity index (χ3n) is 6.58. The Labute approximate surface area is 226 Å². The van der Waals surface area contributed by atoms with Crippen molar-refractivity contribution in [3.05, 3.63) is 118 Å². The van der Waals surface area contributed by atoms with E-state index in [2.05, 4.69) is 4.98 Å². The van der Waals surface area contributed by atoms with E-state index in [0.717, 1.165) is 22.3 Å². The highest BCUT2D eigenvalue weighted by Gasteiger charge is 2.17. The summed E-state index contributed by atoms with van der Waals surface area (Å²) in [5.41, 5.74) is 6.71. The molecule has 0 spiro atoms. The van der Waals surface area contributed by atoms with Crippen LogP contribution < -0.4 is 0 Å². The summed E-state index contributed by atoms with van der Waals surface area (Å²) in [4.78, 5) is 14.6. The molecular weight excluding hydrogens is 525 g/mol. The number of hydrogen-bond acceptors (Lipinski definition) is 2. The molecule has 0 amide bonds. The molecule has 0 saturated carbocycles. The van der Waals surface area contributed by atoms with Crippen LogP contribution in [-0.4, -0.2) is 24.8 Å².